The van der Waals surface area contributed by atoms with E-state index in [0.717, 1.165) is 30.4 Å². The van der Waals surface area contributed by atoms with Gasteiger partial charge in [-0.3, -0.25) is 4.99 Å². The van der Waals surface area contributed by atoms with E-state index in [-0.39, 0.29) is 35.2 Å². The number of thioether (sulfide) groups is 1. The number of nitrogens with one attached hydrogen (secondary N) is 2. The third-order valence-corrected chi connectivity index (χ3v) is 3.76. The van der Waals surface area contributed by atoms with Gasteiger partial charge in [0.15, 0.2) is 5.96 Å². The first-order valence-electron chi connectivity index (χ1n) is 6.69. The molecule has 120 valence electrons. The Hall–Kier alpha value is -0.500. The number of rotatable bonds is 6. The second-order valence-corrected chi connectivity index (χ2v) is 6.22. The average Bonchev–Trinajstić information content (AvgIpc) is 2.43. The van der Waals surface area contributed by atoms with Crippen molar-refractivity contribution >= 4 is 41.7 Å². The van der Waals surface area contributed by atoms with E-state index in [1.54, 1.807) is 18.8 Å². The van der Waals surface area contributed by atoms with Gasteiger partial charge in [0.2, 0.25) is 0 Å². The summed E-state index contributed by atoms with van der Waals surface area (Å²) in [4.78, 5) is 4.20. The molecule has 21 heavy (non-hydrogen) atoms. The Bertz CT molecular complexity index is 435. The summed E-state index contributed by atoms with van der Waals surface area (Å²) in [6, 6.07) is 6.67. The minimum absolute atomic E-state index is 0. The highest BCUT2D eigenvalue weighted by molar-refractivity contribution is 14.0. The molecule has 6 heteroatoms. The maximum absolute atomic E-state index is 13.0. The van der Waals surface area contributed by atoms with Crippen LogP contribution < -0.4 is 10.6 Å². The number of halogens is 2. The Labute approximate surface area is 148 Å². The molecule has 0 saturated carbocycles. The van der Waals surface area contributed by atoms with Gasteiger partial charge in [-0.2, -0.15) is 11.8 Å². The second-order valence-electron chi connectivity index (χ2n) is 5.24. The molecular weight excluding hydrogens is 400 g/mol. The molecule has 2 N–H and O–H groups in total. The lowest BCUT2D eigenvalue weighted by atomic mass is 9.84. The molecule has 0 aliphatic rings. The van der Waals surface area contributed by atoms with Crippen LogP contribution in [0.1, 0.15) is 19.4 Å². The highest BCUT2D eigenvalue weighted by Gasteiger charge is 2.20. The van der Waals surface area contributed by atoms with Crippen molar-refractivity contribution in [1.82, 2.24) is 10.6 Å². The summed E-state index contributed by atoms with van der Waals surface area (Å²) in [5.74, 6) is 1.64. The fourth-order valence-electron chi connectivity index (χ4n) is 1.80. The normalized spacial score (nSPS) is 11.8. The van der Waals surface area contributed by atoms with Crippen LogP contribution in [-0.4, -0.2) is 38.1 Å². The predicted molar refractivity (Wildman–Crippen MR) is 103 cm³/mol. The van der Waals surface area contributed by atoms with E-state index in [1.807, 2.05) is 12.1 Å². The molecule has 0 atom stereocenters. The predicted octanol–water partition coefficient (Wildman–Crippen LogP) is 3.25. The molecule has 1 rings (SSSR count). The number of nitrogens with zero attached hydrogens (tertiary/aromatic N) is 1. The summed E-state index contributed by atoms with van der Waals surface area (Å²) in [5.41, 5.74) is 1.01. The monoisotopic (exact) mass is 425 g/mol. The molecule has 0 fully saturated rings. The van der Waals surface area contributed by atoms with E-state index in [4.69, 9.17) is 0 Å². The molecular formula is C15H25FIN3S. The summed E-state index contributed by atoms with van der Waals surface area (Å²) < 4.78 is 13.0. The number of guanidine groups is 1. The van der Waals surface area contributed by atoms with Crippen molar-refractivity contribution in [3.05, 3.63) is 35.6 Å². The van der Waals surface area contributed by atoms with Crippen LogP contribution in [0.25, 0.3) is 0 Å². The van der Waals surface area contributed by atoms with Gasteiger partial charge in [0, 0.05) is 31.3 Å². The van der Waals surface area contributed by atoms with Crippen molar-refractivity contribution in [2.75, 3.05) is 32.1 Å². The molecule has 0 radical (unpaired) electrons. The maximum atomic E-state index is 13.0. The molecule has 0 bridgehead atoms. The van der Waals surface area contributed by atoms with Gasteiger partial charge in [-0.15, -0.1) is 24.0 Å². The zero-order chi connectivity index (χ0) is 15.0. The summed E-state index contributed by atoms with van der Waals surface area (Å²) in [6.07, 6.45) is 2.08. The van der Waals surface area contributed by atoms with Gasteiger partial charge in [-0.05, 0) is 24.0 Å². The van der Waals surface area contributed by atoms with Crippen LogP contribution in [0.2, 0.25) is 0 Å². The lowest BCUT2D eigenvalue weighted by Crippen LogP contribution is -2.44. The zero-order valence-electron chi connectivity index (χ0n) is 13.1. The minimum atomic E-state index is -0.202. The SMILES string of the molecule is CN=C(NCCSC)NCC(C)(C)c1ccc(F)cc1.I. The van der Waals surface area contributed by atoms with Crippen molar-refractivity contribution in [3.63, 3.8) is 0 Å². The van der Waals surface area contributed by atoms with Crippen molar-refractivity contribution < 1.29 is 4.39 Å². The largest absolute Gasteiger partial charge is 0.356 e. The second kappa shape index (κ2) is 10.3. The first-order chi connectivity index (χ1) is 9.49. The molecule has 0 spiro atoms. The molecule has 0 aromatic heterocycles. The number of benzene rings is 1. The third kappa shape index (κ3) is 7.35. The molecule has 0 amide bonds. The third-order valence-electron chi connectivity index (χ3n) is 3.15. The Morgan fingerprint density at radius 2 is 1.86 bits per heavy atom. The summed E-state index contributed by atoms with van der Waals surface area (Å²) in [6.45, 7) is 5.88. The summed E-state index contributed by atoms with van der Waals surface area (Å²) in [5, 5.41) is 6.58. The fraction of sp³-hybridized carbons (Fsp3) is 0.533. The van der Waals surface area contributed by atoms with Crippen molar-refractivity contribution in [3.8, 4) is 0 Å². The first kappa shape index (κ1) is 20.5. The smallest absolute Gasteiger partial charge is 0.191 e. The van der Waals surface area contributed by atoms with Crippen molar-refractivity contribution in [2.24, 2.45) is 4.99 Å². The Morgan fingerprint density at radius 1 is 1.24 bits per heavy atom. The van der Waals surface area contributed by atoms with Crippen LogP contribution >= 0.6 is 35.7 Å². The van der Waals surface area contributed by atoms with Crippen molar-refractivity contribution in [1.29, 1.82) is 0 Å². The van der Waals surface area contributed by atoms with Gasteiger partial charge in [0.25, 0.3) is 0 Å². The van der Waals surface area contributed by atoms with Crippen LogP contribution in [0.3, 0.4) is 0 Å². The van der Waals surface area contributed by atoms with Gasteiger partial charge < -0.3 is 10.6 Å². The molecule has 1 aromatic rings. The van der Waals surface area contributed by atoms with E-state index in [2.05, 4.69) is 35.7 Å². The maximum Gasteiger partial charge on any atom is 0.191 e. The Kier molecular flexibility index (Phi) is 10.0. The van der Waals surface area contributed by atoms with Crippen LogP contribution in [0, 0.1) is 5.82 Å². The van der Waals surface area contributed by atoms with Crippen LogP contribution in [0.15, 0.2) is 29.3 Å². The highest BCUT2D eigenvalue weighted by Crippen LogP contribution is 2.22. The fourth-order valence-corrected chi connectivity index (χ4v) is 2.11. The lowest BCUT2D eigenvalue weighted by Gasteiger charge is -2.26. The van der Waals surface area contributed by atoms with Gasteiger partial charge in [0.05, 0.1) is 0 Å². The quantitative estimate of drug-likeness (QED) is 0.318. The standard InChI is InChI=1S/C15H24FN3S.HI/c1-15(2,12-5-7-13(16)8-6-12)11-19-14(17-3)18-9-10-20-4;/h5-8H,9-11H2,1-4H3,(H2,17,18,19);1H. The topological polar surface area (TPSA) is 36.4 Å². The first-order valence-corrected chi connectivity index (χ1v) is 8.08. The molecule has 1 aromatic carbocycles. The zero-order valence-corrected chi connectivity index (χ0v) is 16.2. The number of aliphatic imine (C=N–C) groups is 1. The number of hydrogen-bond donors (Lipinski definition) is 2. The number of hydrogen-bond acceptors (Lipinski definition) is 2. The van der Waals surface area contributed by atoms with Crippen LogP contribution in [-0.2, 0) is 5.41 Å². The van der Waals surface area contributed by atoms with Crippen molar-refractivity contribution in [2.45, 2.75) is 19.3 Å². The molecule has 0 heterocycles. The van der Waals surface area contributed by atoms with E-state index < -0.39 is 0 Å². The van der Waals surface area contributed by atoms with E-state index >= 15 is 0 Å². The van der Waals surface area contributed by atoms with E-state index in [1.165, 1.54) is 12.1 Å². The highest BCUT2D eigenvalue weighted by atomic mass is 127. The van der Waals surface area contributed by atoms with Gasteiger partial charge >= 0.3 is 0 Å². The summed E-state index contributed by atoms with van der Waals surface area (Å²) >= 11 is 1.80. The lowest BCUT2D eigenvalue weighted by molar-refractivity contribution is 0.507. The molecule has 0 aliphatic carbocycles. The van der Waals surface area contributed by atoms with Gasteiger partial charge in [-0.1, -0.05) is 26.0 Å². The Balaban J connectivity index is 0.00000400. The molecule has 0 aliphatic heterocycles. The van der Waals surface area contributed by atoms with Gasteiger partial charge in [-0.25, -0.2) is 4.39 Å². The van der Waals surface area contributed by atoms with Crippen LogP contribution in [0.5, 0.6) is 0 Å². The molecule has 0 unspecified atom stereocenters. The average molecular weight is 425 g/mol. The minimum Gasteiger partial charge on any atom is -0.356 e. The van der Waals surface area contributed by atoms with Gasteiger partial charge in [0.1, 0.15) is 5.82 Å². The molecule has 3 nitrogen and oxygen atoms in total. The Morgan fingerprint density at radius 3 is 2.38 bits per heavy atom. The van der Waals surface area contributed by atoms with E-state index in [0.29, 0.717) is 0 Å². The molecule has 0 saturated heterocycles. The van der Waals surface area contributed by atoms with Crippen LogP contribution in [0.4, 0.5) is 4.39 Å². The van der Waals surface area contributed by atoms with E-state index in [9.17, 15) is 4.39 Å². The summed E-state index contributed by atoms with van der Waals surface area (Å²) in [7, 11) is 1.76.